The van der Waals surface area contributed by atoms with Gasteiger partial charge in [0.1, 0.15) is 0 Å². The molecule has 0 bridgehead atoms. The summed E-state index contributed by atoms with van der Waals surface area (Å²) in [5.74, 6) is 0.724. The summed E-state index contributed by atoms with van der Waals surface area (Å²) in [5.41, 5.74) is 0. The molecule has 0 amide bonds. The summed E-state index contributed by atoms with van der Waals surface area (Å²) in [7, 11) is 0. The van der Waals surface area contributed by atoms with Gasteiger partial charge >= 0.3 is 0 Å². The molecule has 1 rings (SSSR count). The van der Waals surface area contributed by atoms with Crippen LogP contribution in [0.15, 0.2) is 0 Å². The van der Waals surface area contributed by atoms with E-state index >= 15 is 0 Å². The van der Waals surface area contributed by atoms with Crippen molar-refractivity contribution < 1.29 is 9.47 Å². The average Bonchev–Trinajstić information content (AvgIpc) is 2.33. The van der Waals surface area contributed by atoms with Gasteiger partial charge in [0.2, 0.25) is 0 Å². The molecule has 0 aromatic carbocycles. The van der Waals surface area contributed by atoms with Crippen molar-refractivity contribution in [1.82, 2.24) is 10.2 Å². The Morgan fingerprint density at radius 3 is 2.79 bits per heavy atom. The Kier molecular flexibility index (Phi) is 8.62. The first kappa shape index (κ1) is 16.9. The Balaban J connectivity index is 2.02. The molecule has 1 N–H and O–H groups in total. The van der Waals surface area contributed by atoms with Crippen molar-refractivity contribution in [1.29, 1.82) is 0 Å². The molecule has 1 atom stereocenters. The van der Waals surface area contributed by atoms with Gasteiger partial charge in [-0.25, -0.2) is 0 Å². The lowest BCUT2D eigenvalue weighted by Gasteiger charge is -2.33. The predicted octanol–water partition coefficient (Wildman–Crippen LogP) is 1.75. The van der Waals surface area contributed by atoms with Crippen LogP contribution in [0, 0.1) is 5.92 Å². The highest BCUT2D eigenvalue weighted by Gasteiger charge is 2.20. The molecule has 1 aliphatic heterocycles. The van der Waals surface area contributed by atoms with Crippen LogP contribution in [-0.2, 0) is 9.47 Å². The lowest BCUT2D eigenvalue weighted by atomic mass is 10.2. The van der Waals surface area contributed by atoms with Gasteiger partial charge in [0.15, 0.2) is 0 Å². The number of nitrogens with one attached hydrogen (secondary N) is 1. The van der Waals surface area contributed by atoms with Crippen molar-refractivity contribution in [3.8, 4) is 0 Å². The molecule has 0 unspecified atom stereocenters. The third kappa shape index (κ3) is 8.58. The smallest absolute Gasteiger partial charge is 0.0935 e. The standard InChI is InChI=1S/C15H32N2O2/c1-13(2)10-17-7-9-19-15(11-17)12-18-8-5-6-16-14(3)4/h13-16H,5-12H2,1-4H3/t15-/m0/s1. The largest absolute Gasteiger partial charge is 0.379 e. The molecule has 19 heavy (non-hydrogen) atoms. The van der Waals surface area contributed by atoms with E-state index in [1.807, 2.05) is 0 Å². The van der Waals surface area contributed by atoms with Crippen LogP contribution in [0.25, 0.3) is 0 Å². The number of rotatable bonds is 9. The molecule has 1 heterocycles. The molecule has 0 spiro atoms. The van der Waals surface area contributed by atoms with E-state index in [1.165, 1.54) is 0 Å². The zero-order valence-electron chi connectivity index (χ0n) is 13.2. The van der Waals surface area contributed by atoms with Crippen LogP contribution in [0.1, 0.15) is 34.1 Å². The number of hydrogen-bond acceptors (Lipinski definition) is 4. The zero-order valence-corrected chi connectivity index (χ0v) is 13.2. The topological polar surface area (TPSA) is 33.7 Å². The molecule has 0 aromatic rings. The second-order valence-corrected chi connectivity index (χ2v) is 6.18. The highest BCUT2D eigenvalue weighted by atomic mass is 16.5. The van der Waals surface area contributed by atoms with Crippen LogP contribution in [-0.4, -0.2) is 63.0 Å². The molecular formula is C15H32N2O2. The maximum Gasteiger partial charge on any atom is 0.0935 e. The van der Waals surface area contributed by atoms with Gasteiger partial charge in [0.05, 0.1) is 19.3 Å². The molecule has 4 heteroatoms. The summed E-state index contributed by atoms with van der Waals surface area (Å²) in [5, 5.41) is 3.39. The Labute approximate surface area is 118 Å². The van der Waals surface area contributed by atoms with Crippen LogP contribution < -0.4 is 5.32 Å². The van der Waals surface area contributed by atoms with E-state index in [9.17, 15) is 0 Å². The number of hydrogen-bond donors (Lipinski definition) is 1. The minimum absolute atomic E-state index is 0.255. The Hall–Kier alpha value is -0.160. The van der Waals surface area contributed by atoms with Crippen LogP contribution in [0.3, 0.4) is 0 Å². The molecular weight excluding hydrogens is 240 g/mol. The van der Waals surface area contributed by atoms with Crippen LogP contribution in [0.5, 0.6) is 0 Å². The molecule has 1 fully saturated rings. The summed E-state index contributed by atoms with van der Waals surface area (Å²) < 4.78 is 11.5. The minimum atomic E-state index is 0.255. The average molecular weight is 272 g/mol. The molecule has 4 nitrogen and oxygen atoms in total. The Bertz CT molecular complexity index is 222. The molecule has 0 radical (unpaired) electrons. The quantitative estimate of drug-likeness (QED) is 0.648. The fourth-order valence-electron chi connectivity index (χ4n) is 2.34. The van der Waals surface area contributed by atoms with Gasteiger partial charge in [-0.3, -0.25) is 4.90 Å². The lowest BCUT2D eigenvalue weighted by molar-refractivity contribution is -0.0712. The molecule has 1 saturated heterocycles. The highest BCUT2D eigenvalue weighted by molar-refractivity contribution is 4.72. The lowest BCUT2D eigenvalue weighted by Crippen LogP contribution is -2.45. The van der Waals surface area contributed by atoms with E-state index in [0.29, 0.717) is 6.04 Å². The molecule has 0 saturated carbocycles. The van der Waals surface area contributed by atoms with E-state index in [0.717, 1.165) is 58.3 Å². The van der Waals surface area contributed by atoms with E-state index < -0.39 is 0 Å². The van der Waals surface area contributed by atoms with Gasteiger partial charge in [-0.2, -0.15) is 0 Å². The first-order chi connectivity index (χ1) is 9.08. The predicted molar refractivity (Wildman–Crippen MR) is 79.6 cm³/mol. The molecule has 1 aliphatic rings. The third-order valence-corrected chi connectivity index (χ3v) is 3.17. The maximum atomic E-state index is 5.75. The zero-order chi connectivity index (χ0) is 14.1. The van der Waals surface area contributed by atoms with Crippen molar-refractivity contribution >= 4 is 0 Å². The van der Waals surface area contributed by atoms with Gasteiger partial charge in [-0.05, 0) is 18.9 Å². The van der Waals surface area contributed by atoms with Gasteiger partial charge < -0.3 is 14.8 Å². The van der Waals surface area contributed by atoms with Crippen molar-refractivity contribution in [2.75, 3.05) is 46.0 Å². The number of ether oxygens (including phenoxy) is 2. The minimum Gasteiger partial charge on any atom is -0.379 e. The second-order valence-electron chi connectivity index (χ2n) is 6.18. The fraction of sp³-hybridized carbons (Fsp3) is 1.00. The summed E-state index contributed by atoms with van der Waals surface area (Å²) in [4.78, 5) is 2.49. The Morgan fingerprint density at radius 2 is 2.11 bits per heavy atom. The molecule has 0 aliphatic carbocycles. The summed E-state index contributed by atoms with van der Waals surface area (Å²) in [6.45, 7) is 15.5. The summed E-state index contributed by atoms with van der Waals surface area (Å²) >= 11 is 0. The highest BCUT2D eigenvalue weighted by Crippen LogP contribution is 2.08. The van der Waals surface area contributed by atoms with Crippen LogP contribution >= 0.6 is 0 Å². The van der Waals surface area contributed by atoms with Crippen molar-refractivity contribution in [2.45, 2.75) is 46.3 Å². The first-order valence-corrected chi connectivity index (χ1v) is 7.73. The van der Waals surface area contributed by atoms with E-state index in [2.05, 4.69) is 37.9 Å². The van der Waals surface area contributed by atoms with E-state index in [4.69, 9.17) is 9.47 Å². The van der Waals surface area contributed by atoms with Crippen molar-refractivity contribution in [3.05, 3.63) is 0 Å². The fourth-order valence-corrected chi connectivity index (χ4v) is 2.34. The third-order valence-electron chi connectivity index (χ3n) is 3.17. The van der Waals surface area contributed by atoms with Crippen LogP contribution in [0.4, 0.5) is 0 Å². The van der Waals surface area contributed by atoms with Gasteiger partial charge in [0.25, 0.3) is 0 Å². The SMILES string of the molecule is CC(C)CN1CCO[C@H](COCCCNC(C)C)C1. The number of morpholine rings is 1. The van der Waals surface area contributed by atoms with Crippen LogP contribution in [0.2, 0.25) is 0 Å². The van der Waals surface area contributed by atoms with Crippen molar-refractivity contribution in [2.24, 2.45) is 5.92 Å². The maximum absolute atomic E-state index is 5.75. The Morgan fingerprint density at radius 1 is 1.32 bits per heavy atom. The van der Waals surface area contributed by atoms with Gasteiger partial charge in [-0.15, -0.1) is 0 Å². The van der Waals surface area contributed by atoms with Gasteiger partial charge in [-0.1, -0.05) is 27.7 Å². The second kappa shape index (κ2) is 9.70. The molecule has 114 valence electrons. The van der Waals surface area contributed by atoms with E-state index in [1.54, 1.807) is 0 Å². The van der Waals surface area contributed by atoms with E-state index in [-0.39, 0.29) is 6.10 Å². The summed E-state index contributed by atoms with van der Waals surface area (Å²) in [6.07, 6.45) is 1.33. The number of nitrogens with zero attached hydrogens (tertiary/aromatic N) is 1. The monoisotopic (exact) mass is 272 g/mol. The summed E-state index contributed by atoms with van der Waals surface area (Å²) in [6, 6.07) is 0.561. The molecule has 0 aromatic heterocycles. The van der Waals surface area contributed by atoms with Gasteiger partial charge in [0, 0.05) is 32.3 Å². The first-order valence-electron chi connectivity index (χ1n) is 7.73. The normalized spacial score (nSPS) is 21.5. The van der Waals surface area contributed by atoms with Crippen molar-refractivity contribution in [3.63, 3.8) is 0 Å².